The van der Waals surface area contributed by atoms with Crippen molar-refractivity contribution in [1.82, 2.24) is 4.90 Å². The lowest BCUT2D eigenvalue weighted by Gasteiger charge is -2.17. The Hall–Kier alpha value is -1.32. The van der Waals surface area contributed by atoms with Gasteiger partial charge in [-0.05, 0) is 32.1 Å². The van der Waals surface area contributed by atoms with Gasteiger partial charge in [-0.25, -0.2) is 0 Å². The second-order valence-electron chi connectivity index (χ2n) is 4.79. The van der Waals surface area contributed by atoms with E-state index in [1.54, 1.807) is 4.90 Å². The van der Waals surface area contributed by atoms with Crippen molar-refractivity contribution in [3.8, 4) is 0 Å². The molecule has 0 aromatic carbocycles. The lowest BCUT2D eigenvalue weighted by molar-refractivity contribution is -0.142. The summed E-state index contributed by atoms with van der Waals surface area (Å²) in [5.74, 6) is 0.00165. The molecule has 4 nitrogen and oxygen atoms in total. The van der Waals surface area contributed by atoms with E-state index >= 15 is 0 Å². The van der Waals surface area contributed by atoms with Gasteiger partial charge in [-0.1, -0.05) is 6.08 Å². The molecule has 1 aliphatic heterocycles. The summed E-state index contributed by atoms with van der Waals surface area (Å²) in [6, 6.07) is 0. The van der Waals surface area contributed by atoms with Gasteiger partial charge in [-0.2, -0.15) is 0 Å². The molecule has 0 saturated carbocycles. The molecule has 0 aromatic heterocycles. The zero-order valence-corrected chi connectivity index (χ0v) is 11.2. The Morgan fingerprint density at radius 3 is 2.94 bits per heavy atom. The molecule has 1 amide bonds. The Kier molecular flexibility index (Phi) is 6.47. The number of nitrogens with zero attached hydrogens (tertiary/aromatic N) is 1. The molecule has 1 atom stereocenters. The van der Waals surface area contributed by atoms with Crippen LogP contribution in [0.5, 0.6) is 0 Å². The highest BCUT2D eigenvalue weighted by molar-refractivity contribution is 5.76. The van der Waals surface area contributed by atoms with Crippen LogP contribution < -0.4 is 0 Å². The van der Waals surface area contributed by atoms with Gasteiger partial charge in [0, 0.05) is 26.4 Å². The fourth-order valence-corrected chi connectivity index (χ4v) is 2.02. The zero-order valence-electron chi connectivity index (χ0n) is 11.2. The summed E-state index contributed by atoms with van der Waals surface area (Å²) in [5, 5.41) is 0. The first-order valence-corrected chi connectivity index (χ1v) is 6.68. The molecule has 1 unspecified atom stereocenters. The van der Waals surface area contributed by atoms with Crippen molar-refractivity contribution < 1.29 is 14.3 Å². The van der Waals surface area contributed by atoms with Crippen molar-refractivity contribution in [2.24, 2.45) is 0 Å². The van der Waals surface area contributed by atoms with Crippen LogP contribution in [-0.2, 0) is 14.3 Å². The van der Waals surface area contributed by atoms with Gasteiger partial charge in [0.15, 0.2) is 0 Å². The topological polar surface area (TPSA) is 46.6 Å². The largest absolute Gasteiger partial charge is 0.462 e. The van der Waals surface area contributed by atoms with E-state index in [1.807, 2.05) is 13.1 Å². The summed E-state index contributed by atoms with van der Waals surface area (Å²) >= 11 is 0. The number of carbonyl (C=O) groups excluding carboxylic acids is 2. The van der Waals surface area contributed by atoms with E-state index in [0.717, 1.165) is 32.2 Å². The van der Waals surface area contributed by atoms with Gasteiger partial charge in [0.25, 0.3) is 0 Å². The van der Waals surface area contributed by atoms with Crippen molar-refractivity contribution in [3.63, 3.8) is 0 Å². The van der Waals surface area contributed by atoms with E-state index in [1.165, 1.54) is 0 Å². The summed E-state index contributed by atoms with van der Waals surface area (Å²) in [4.78, 5) is 24.5. The Balaban J connectivity index is 2.11. The number of ether oxygens (including phenoxy) is 1. The maximum absolute atomic E-state index is 11.8. The van der Waals surface area contributed by atoms with Crippen LogP contribution in [0, 0.1) is 0 Å². The average Bonchev–Trinajstić information content (AvgIpc) is 2.77. The van der Waals surface area contributed by atoms with Gasteiger partial charge in [0.05, 0.1) is 0 Å². The molecule has 0 radical (unpaired) electrons. The first-order chi connectivity index (χ1) is 8.63. The fraction of sp³-hybridized carbons (Fsp3) is 0.714. The number of esters is 1. The number of rotatable bonds is 8. The lowest BCUT2D eigenvalue weighted by Crippen LogP contribution is -2.28. The number of allylic oxidation sites excluding steroid dienone is 1. The number of cyclic esters (lactones) is 1. The molecule has 1 saturated heterocycles. The van der Waals surface area contributed by atoms with Gasteiger partial charge >= 0.3 is 5.97 Å². The van der Waals surface area contributed by atoms with Crippen LogP contribution in [0.25, 0.3) is 0 Å². The van der Waals surface area contributed by atoms with Crippen molar-refractivity contribution in [2.75, 3.05) is 13.6 Å². The molecule has 1 heterocycles. The molecule has 0 N–H and O–H groups in total. The first-order valence-electron chi connectivity index (χ1n) is 6.68. The third-order valence-electron chi connectivity index (χ3n) is 3.23. The predicted octanol–water partition coefficient (Wildman–Crippen LogP) is 2.29. The standard InChI is InChI=1S/C14H23NO3/c1-3-4-5-6-11-15(2)13(16)9-7-12-8-10-14(17)18-12/h3,12H,1,4-11H2,2H3. The van der Waals surface area contributed by atoms with Gasteiger partial charge < -0.3 is 9.64 Å². The zero-order chi connectivity index (χ0) is 13.4. The Labute approximate surface area is 109 Å². The number of hydrogen-bond donors (Lipinski definition) is 0. The first kappa shape index (κ1) is 14.7. The highest BCUT2D eigenvalue weighted by Gasteiger charge is 2.24. The van der Waals surface area contributed by atoms with E-state index < -0.39 is 0 Å². The molecule has 0 spiro atoms. The Morgan fingerprint density at radius 2 is 2.33 bits per heavy atom. The monoisotopic (exact) mass is 253 g/mol. The molecule has 102 valence electrons. The fourth-order valence-electron chi connectivity index (χ4n) is 2.02. The van der Waals surface area contributed by atoms with E-state index in [9.17, 15) is 9.59 Å². The van der Waals surface area contributed by atoms with Gasteiger partial charge in [-0.15, -0.1) is 6.58 Å². The maximum Gasteiger partial charge on any atom is 0.306 e. The molecule has 0 bridgehead atoms. The number of unbranched alkanes of at least 4 members (excludes halogenated alkanes) is 2. The van der Waals surface area contributed by atoms with Crippen LogP contribution in [0.1, 0.15) is 44.9 Å². The summed E-state index contributed by atoms with van der Waals surface area (Å²) in [6.45, 7) is 4.46. The normalized spacial score (nSPS) is 18.5. The third kappa shape index (κ3) is 5.34. The number of amides is 1. The van der Waals surface area contributed by atoms with Crippen LogP contribution in [0.15, 0.2) is 12.7 Å². The minimum Gasteiger partial charge on any atom is -0.462 e. The van der Waals surface area contributed by atoms with Crippen molar-refractivity contribution in [1.29, 1.82) is 0 Å². The second kappa shape index (κ2) is 7.90. The van der Waals surface area contributed by atoms with E-state index in [4.69, 9.17) is 4.74 Å². The number of carbonyl (C=O) groups is 2. The number of hydrogen-bond acceptors (Lipinski definition) is 3. The maximum atomic E-state index is 11.8. The molecule has 0 aliphatic carbocycles. The second-order valence-corrected chi connectivity index (χ2v) is 4.79. The van der Waals surface area contributed by atoms with Crippen molar-refractivity contribution >= 4 is 11.9 Å². The van der Waals surface area contributed by atoms with E-state index in [2.05, 4.69) is 6.58 Å². The van der Waals surface area contributed by atoms with Crippen LogP contribution >= 0.6 is 0 Å². The molecule has 1 fully saturated rings. The third-order valence-corrected chi connectivity index (χ3v) is 3.23. The summed E-state index contributed by atoms with van der Waals surface area (Å²) in [6.07, 6.45) is 7.31. The van der Waals surface area contributed by atoms with Gasteiger partial charge in [0.2, 0.25) is 5.91 Å². The molecule has 18 heavy (non-hydrogen) atoms. The summed E-state index contributed by atoms with van der Waals surface area (Å²) in [5.41, 5.74) is 0. The van der Waals surface area contributed by atoms with E-state index in [0.29, 0.717) is 19.3 Å². The minimum atomic E-state index is -0.134. The van der Waals surface area contributed by atoms with Crippen molar-refractivity contribution in [3.05, 3.63) is 12.7 Å². The van der Waals surface area contributed by atoms with Crippen LogP contribution in [0.2, 0.25) is 0 Å². The molecular weight excluding hydrogens is 230 g/mol. The van der Waals surface area contributed by atoms with Gasteiger partial charge in [-0.3, -0.25) is 9.59 Å². The Morgan fingerprint density at radius 1 is 1.56 bits per heavy atom. The SMILES string of the molecule is C=CCCCCN(C)C(=O)CCC1CCC(=O)O1. The highest BCUT2D eigenvalue weighted by Crippen LogP contribution is 2.18. The summed E-state index contributed by atoms with van der Waals surface area (Å²) < 4.78 is 5.08. The average molecular weight is 253 g/mol. The van der Waals surface area contributed by atoms with E-state index in [-0.39, 0.29) is 18.0 Å². The van der Waals surface area contributed by atoms with Crippen molar-refractivity contribution in [2.45, 2.75) is 51.0 Å². The van der Waals surface area contributed by atoms with Crippen LogP contribution in [-0.4, -0.2) is 36.5 Å². The highest BCUT2D eigenvalue weighted by atomic mass is 16.5. The Bertz CT molecular complexity index is 301. The molecule has 1 aliphatic rings. The quantitative estimate of drug-likeness (QED) is 0.379. The lowest BCUT2D eigenvalue weighted by atomic mass is 10.1. The van der Waals surface area contributed by atoms with Crippen LogP contribution in [0.4, 0.5) is 0 Å². The predicted molar refractivity (Wildman–Crippen MR) is 70.0 cm³/mol. The smallest absolute Gasteiger partial charge is 0.306 e. The summed E-state index contributed by atoms with van der Waals surface area (Å²) in [7, 11) is 1.83. The molecule has 1 rings (SSSR count). The minimum absolute atomic E-state index is 0.0457. The molecule has 4 heteroatoms. The molecule has 0 aromatic rings. The molecular formula is C14H23NO3. The van der Waals surface area contributed by atoms with Gasteiger partial charge in [0.1, 0.15) is 6.10 Å². The van der Waals surface area contributed by atoms with Crippen LogP contribution in [0.3, 0.4) is 0 Å².